The lowest BCUT2D eigenvalue weighted by Gasteiger charge is -2.26. The SMILES string of the molecule is O=C(NCC1(O)CCCCCC1)C(F)(F)F. The molecule has 1 saturated carbocycles. The van der Waals surface area contributed by atoms with Crippen LogP contribution in [0.4, 0.5) is 13.2 Å². The predicted molar refractivity (Wildman–Crippen MR) is 51.7 cm³/mol. The largest absolute Gasteiger partial charge is 0.471 e. The minimum atomic E-state index is -4.87. The average Bonchev–Trinajstić information content (AvgIpc) is 2.39. The summed E-state index contributed by atoms with van der Waals surface area (Å²) >= 11 is 0. The molecule has 1 amide bonds. The molecular weight excluding hydrogens is 223 g/mol. The summed E-state index contributed by atoms with van der Waals surface area (Å²) in [5.74, 6) is -1.98. The van der Waals surface area contributed by atoms with Crippen LogP contribution in [-0.2, 0) is 4.79 Å². The third kappa shape index (κ3) is 4.00. The standard InChI is InChI=1S/C10H16F3NO2/c11-10(12,13)8(15)14-7-9(16)5-3-1-2-4-6-9/h16H,1-7H2,(H,14,15). The number of nitrogens with one attached hydrogen (secondary N) is 1. The molecule has 0 aromatic heterocycles. The van der Waals surface area contributed by atoms with Crippen molar-refractivity contribution in [3.63, 3.8) is 0 Å². The molecule has 94 valence electrons. The van der Waals surface area contributed by atoms with Gasteiger partial charge in [0, 0.05) is 6.54 Å². The Morgan fingerprint density at radius 3 is 2.12 bits per heavy atom. The molecule has 3 nitrogen and oxygen atoms in total. The van der Waals surface area contributed by atoms with E-state index in [9.17, 15) is 23.1 Å². The molecule has 0 radical (unpaired) electrons. The van der Waals surface area contributed by atoms with Gasteiger partial charge in [0.25, 0.3) is 0 Å². The van der Waals surface area contributed by atoms with E-state index in [0.717, 1.165) is 25.7 Å². The monoisotopic (exact) mass is 239 g/mol. The number of alkyl halides is 3. The summed E-state index contributed by atoms with van der Waals surface area (Å²) in [6.07, 6.45) is -0.431. The molecule has 0 aliphatic heterocycles. The number of hydrogen-bond donors (Lipinski definition) is 2. The quantitative estimate of drug-likeness (QED) is 0.721. The second kappa shape index (κ2) is 5.03. The van der Waals surface area contributed by atoms with Crippen molar-refractivity contribution < 1.29 is 23.1 Å². The van der Waals surface area contributed by atoms with E-state index in [4.69, 9.17) is 0 Å². The van der Waals surface area contributed by atoms with Crippen molar-refractivity contribution in [2.75, 3.05) is 6.54 Å². The van der Waals surface area contributed by atoms with Gasteiger partial charge in [-0.15, -0.1) is 0 Å². The zero-order valence-corrected chi connectivity index (χ0v) is 8.94. The van der Waals surface area contributed by atoms with E-state index in [1.54, 1.807) is 5.32 Å². The number of hydrogen-bond acceptors (Lipinski definition) is 2. The summed E-state index contributed by atoms with van der Waals surface area (Å²) in [5, 5.41) is 11.7. The van der Waals surface area contributed by atoms with Crippen molar-refractivity contribution >= 4 is 5.91 Å². The van der Waals surface area contributed by atoms with Crippen LogP contribution < -0.4 is 5.32 Å². The third-order valence-electron chi connectivity index (χ3n) is 2.87. The van der Waals surface area contributed by atoms with Gasteiger partial charge in [0.2, 0.25) is 0 Å². The Labute approximate surface area is 92.0 Å². The molecule has 1 aliphatic carbocycles. The Kier molecular flexibility index (Phi) is 4.18. The van der Waals surface area contributed by atoms with Gasteiger partial charge >= 0.3 is 12.1 Å². The fourth-order valence-electron chi connectivity index (χ4n) is 1.91. The van der Waals surface area contributed by atoms with E-state index < -0.39 is 17.7 Å². The third-order valence-corrected chi connectivity index (χ3v) is 2.87. The highest BCUT2D eigenvalue weighted by atomic mass is 19.4. The average molecular weight is 239 g/mol. The van der Waals surface area contributed by atoms with Gasteiger partial charge in [-0.1, -0.05) is 25.7 Å². The molecule has 0 saturated heterocycles. The fourth-order valence-corrected chi connectivity index (χ4v) is 1.91. The molecule has 1 fully saturated rings. The van der Waals surface area contributed by atoms with Crippen molar-refractivity contribution in [3.8, 4) is 0 Å². The molecule has 0 aromatic carbocycles. The number of amides is 1. The lowest BCUT2D eigenvalue weighted by Crippen LogP contribution is -2.46. The molecule has 16 heavy (non-hydrogen) atoms. The number of aliphatic hydroxyl groups is 1. The van der Waals surface area contributed by atoms with Gasteiger partial charge < -0.3 is 10.4 Å². The summed E-state index contributed by atoms with van der Waals surface area (Å²) in [4.78, 5) is 10.6. The lowest BCUT2D eigenvalue weighted by molar-refractivity contribution is -0.174. The maximum absolute atomic E-state index is 11.9. The van der Waals surface area contributed by atoms with Gasteiger partial charge in [0.15, 0.2) is 0 Å². The van der Waals surface area contributed by atoms with Crippen LogP contribution in [0.25, 0.3) is 0 Å². The zero-order chi connectivity index (χ0) is 12.2. The Morgan fingerprint density at radius 1 is 1.19 bits per heavy atom. The van der Waals surface area contributed by atoms with Crippen LogP contribution in [0.3, 0.4) is 0 Å². The van der Waals surface area contributed by atoms with Gasteiger partial charge in [0.1, 0.15) is 0 Å². The number of rotatable bonds is 2. The maximum Gasteiger partial charge on any atom is 0.471 e. The van der Waals surface area contributed by atoms with Crippen molar-refractivity contribution in [1.82, 2.24) is 5.32 Å². The summed E-state index contributed by atoms with van der Waals surface area (Å²) in [7, 11) is 0. The molecule has 0 unspecified atom stereocenters. The maximum atomic E-state index is 11.9. The van der Waals surface area contributed by atoms with E-state index >= 15 is 0 Å². The van der Waals surface area contributed by atoms with Gasteiger partial charge in [-0.2, -0.15) is 13.2 Å². The van der Waals surface area contributed by atoms with E-state index in [2.05, 4.69) is 0 Å². The molecule has 6 heteroatoms. The number of carbonyl (C=O) groups is 1. The molecular formula is C10H16F3NO2. The molecule has 1 rings (SSSR count). The van der Waals surface area contributed by atoms with Crippen molar-refractivity contribution in [2.45, 2.75) is 50.3 Å². The van der Waals surface area contributed by atoms with Crippen molar-refractivity contribution in [3.05, 3.63) is 0 Å². The Balaban J connectivity index is 2.43. The van der Waals surface area contributed by atoms with Crippen molar-refractivity contribution in [1.29, 1.82) is 0 Å². The van der Waals surface area contributed by atoms with E-state index in [-0.39, 0.29) is 6.54 Å². The van der Waals surface area contributed by atoms with Crippen LogP contribution in [-0.4, -0.2) is 29.3 Å². The first kappa shape index (κ1) is 13.3. The minimum absolute atomic E-state index is 0.314. The van der Waals surface area contributed by atoms with Crippen LogP contribution in [0, 0.1) is 0 Å². The summed E-state index contributed by atoms with van der Waals surface area (Å²) < 4.78 is 35.7. The molecule has 0 atom stereocenters. The highest BCUT2D eigenvalue weighted by Gasteiger charge is 2.40. The summed E-state index contributed by atoms with van der Waals surface area (Å²) in [5.41, 5.74) is -1.17. The van der Waals surface area contributed by atoms with Crippen LogP contribution in [0.2, 0.25) is 0 Å². The highest BCUT2D eigenvalue weighted by molar-refractivity contribution is 5.81. The van der Waals surface area contributed by atoms with Crippen molar-refractivity contribution in [2.24, 2.45) is 0 Å². The lowest BCUT2D eigenvalue weighted by atomic mass is 9.94. The first-order valence-electron chi connectivity index (χ1n) is 5.41. The van der Waals surface area contributed by atoms with Gasteiger partial charge in [-0.25, -0.2) is 0 Å². The Hall–Kier alpha value is -0.780. The normalized spacial score (nSPS) is 21.2. The molecule has 0 bridgehead atoms. The van der Waals surface area contributed by atoms with Crippen LogP contribution >= 0.6 is 0 Å². The molecule has 0 heterocycles. The number of carbonyl (C=O) groups excluding carboxylic acids is 1. The molecule has 1 aliphatic rings. The molecule has 0 spiro atoms. The molecule has 0 aromatic rings. The Bertz CT molecular complexity index is 245. The summed E-state index contributed by atoms with van der Waals surface area (Å²) in [6.45, 7) is -0.314. The summed E-state index contributed by atoms with van der Waals surface area (Å²) in [6, 6.07) is 0. The second-order valence-corrected chi connectivity index (χ2v) is 4.32. The number of halogens is 3. The van der Waals surface area contributed by atoms with Crippen LogP contribution in [0.1, 0.15) is 38.5 Å². The van der Waals surface area contributed by atoms with E-state index in [1.807, 2.05) is 0 Å². The molecule has 2 N–H and O–H groups in total. The first-order valence-corrected chi connectivity index (χ1v) is 5.41. The van der Waals surface area contributed by atoms with Gasteiger partial charge in [-0.05, 0) is 12.8 Å². The van der Waals surface area contributed by atoms with Crippen LogP contribution in [0.5, 0.6) is 0 Å². The second-order valence-electron chi connectivity index (χ2n) is 4.32. The predicted octanol–water partition coefficient (Wildman–Crippen LogP) is 1.75. The van der Waals surface area contributed by atoms with Gasteiger partial charge in [-0.3, -0.25) is 4.79 Å². The smallest absolute Gasteiger partial charge is 0.388 e. The topological polar surface area (TPSA) is 49.3 Å². The Morgan fingerprint density at radius 2 is 1.69 bits per heavy atom. The zero-order valence-electron chi connectivity index (χ0n) is 8.94. The van der Waals surface area contributed by atoms with Gasteiger partial charge in [0.05, 0.1) is 5.60 Å². The van der Waals surface area contributed by atoms with E-state index in [1.165, 1.54) is 0 Å². The first-order chi connectivity index (χ1) is 7.33. The highest BCUT2D eigenvalue weighted by Crippen LogP contribution is 2.26. The van der Waals surface area contributed by atoms with Crippen LogP contribution in [0.15, 0.2) is 0 Å². The fraction of sp³-hybridized carbons (Fsp3) is 0.900. The van der Waals surface area contributed by atoms with E-state index in [0.29, 0.717) is 12.8 Å². The minimum Gasteiger partial charge on any atom is -0.388 e.